The second-order valence-electron chi connectivity index (χ2n) is 3.19. The Bertz CT molecular complexity index is 506. The van der Waals surface area contributed by atoms with Gasteiger partial charge in [-0.05, 0) is 5.39 Å². The van der Waals surface area contributed by atoms with Gasteiger partial charge in [-0.2, -0.15) is 0 Å². The summed E-state index contributed by atoms with van der Waals surface area (Å²) in [6, 6.07) is 7.92. The van der Waals surface area contributed by atoms with Crippen LogP contribution in [0.1, 0.15) is 5.56 Å². The molecule has 2 aromatic rings. The minimum Gasteiger partial charge on any atom is -0.327 e. The molecule has 2 nitrogen and oxygen atoms in total. The Labute approximate surface area is 93.4 Å². The lowest BCUT2D eigenvalue weighted by Gasteiger charge is -2.02. The average Bonchev–Trinajstić information content (AvgIpc) is 2.29. The standard InChI is InChI=1S/C12H11ClN2/c13-12-11-6-2-1-5-10(11)9(8-15-12)4-3-7-14/h1-6,8H,7,14H2. The van der Waals surface area contributed by atoms with E-state index >= 15 is 0 Å². The zero-order valence-corrected chi connectivity index (χ0v) is 8.91. The van der Waals surface area contributed by atoms with Crippen LogP contribution in [0.3, 0.4) is 0 Å². The molecule has 0 bridgehead atoms. The number of pyridine rings is 1. The van der Waals surface area contributed by atoms with Crippen molar-refractivity contribution < 1.29 is 0 Å². The van der Waals surface area contributed by atoms with Crippen LogP contribution in [0.5, 0.6) is 0 Å². The third-order valence-corrected chi connectivity index (χ3v) is 2.51. The topological polar surface area (TPSA) is 38.9 Å². The van der Waals surface area contributed by atoms with Gasteiger partial charge in [0.1, 0.15) is 5.15 Å². The highest BCUT2D eigenvalue weighted by atomic mass is 35.5. The maximum atomic E-state index is 6.00. The monoisotopic (exact) mass is 218 g/mol. The number of aromatic nitrogens is 1. The quantitative estimate of drug-likeness (QED) is 0.788. The van der Waals surface area contributed by atoms with E-state index in [1.165, 1.54) is 0 Å². The zero-order valence-electron chi connectivity index (χ0n) is 8.15. The van der Waals surface area contributed by atoms with Crippen LogP contribution in [0.25, 0.3) is 16.8 Å². The molecule has 0 fully saturated rings. The molecule has 0 aliphatic rings. The summed E-state index contributed by atoms with van der Waals surface area (Å²) in [6.45, 7) is 0.525. The van der Waals surface area contributed by atoms with Crippen LogP contribution in [0, 0.1) is 0 Å². The molecule has 1 aromatic heterocycles. The highest BCUT2D eigenvalue weighted by Crippen LogP contribution is 2.24. The normalized spacial score (nSPS) is 11.3. The first kappa shape index (κ1) is 10.1. The number of nitrogens with zero attached hydrogens (tertiary/aromatic N) is 1. The first-order chi connectivity index (χ1) is 7.33. The maximum Gasteiger partial charge on any atom is 0.136 e. The number of hydrogen-bond acceptors (Lipinski definition) is 2. The molecular weight excluding hydrogens is 208 g/mol. The van der Waals surface area contributed by atoms with E-state index in [0.29, 0.717) is 11.7 Å². The third-order valence-electron chi connectivity index (χ3n) is 2.21. The molecular formula is C12H11ClN2. The Morgan fingerprint density at radius 1 is 1.27 bits per heavy atom. The zero-order chi connectivity index (χ0) is 10.7. The molecule has 0 aliphatic heterocycles. The smallest absolute Gasteiger partial charge is 0.136 e. The molecule has 0 saturated carbocycles. The molecule has 0 spiro atoms. The van der Waals surface area contributed by atoms with E-state index in [4.69, 9.17) is 17.3 Å². The van der Waals surface area contributed by atoms with Crippen LogP contribution in [0.2, 0.25) is 5.15 Å². The van der Waals surface area contributed by atoms with E-state index in [0.717, 1.165) is 16.3 Å². The molecule has 0 amide bonds. The molecule has 0 unspecified atom stereocenters. The molecule has 15 heavy (non-hydrogen) atoms. The summed E-state index contributed by atoms with van der Waals surface area (Å²) in [7, 11) is 0. The van der Waals surface area contributed by atoms with E-state index in [-0.39, 0.29) is 0 Å². The lowest BCUT2D eigenvalue weighted by atomic mass is 10.1. The van der Waals surface area contributed by atoms with Gasteiger partial charge >= 0.3 is 0 Å². The predicted octanol–water partition coefficient (Wildman–Crippen LogP) is 2.86. The van der Waals surface area contributed by atoms with Gasteiger partial charge < -0.3 is 5.73 Å². The van der Waals surface area contributed by atoms with Crippen LogP contribution in [-0.2, 0) is 0 Å². The summed E-state index contributed by atoms with van der Waals surface area (Å²) in [6.07, 6.45) is 5.62. The minimum absolute atomic E-state index is 0.525. The summed E-state index contributed by atoms with van der Waals surface area (Å²) in [4.78, 5) is 4.13. The van der Waals surface area contributed by atoms with Crippen LogP contribution in [-0.4, -0.2) is 11.5 Å². The Kier molecular flexibility index (Phi) is 2.99. The summed E-state index contributed by atoms with van der Waals surface area (Å²) in [5.74, 6) is 0. The van der Waals surface area contributed by atoms with Gasteiger partial charge in [0, 0.05) is 23.7 Å². The van der Waals surface area contributed by atoms with Crippen molar-refractivity contribution in [2.24, 2.45) is 5.73 Å². The number of rotatable bonds is 2. The summed E-state index contributed by atoms with van der Waals surface area (Å²) >= 11 is 6.00. The molecule has 0 aliphatic carbocycles. The van der Waals surface area contributed by atoms with Gasteiger partial charge in [0.25, 0.3) is 0 Å². The van der Waals surface area contributed by atoms with E-state index in [2.05, 4.69) is 4.98 Å². The largest absolute Gasteiger partial charge is 0.327 e. The molecule has 0 radical (unpaired) electrons. The minimum atomic E-state index is 0.525. The highest BCUT2D eigenvalue weighted by Gasteiger charge is 2.02. The molecule has 2 rings (SSSR count). The number of fused-ring (bicyclic) bond motifs is 1. The average molecular weight is 219 g/mol. The van der Waals surface area contributed by atoms with Crippen LogP contribution in [0.15, 0.2) is 36.5 Å². The summed E-state index contributed by atoms with van der Waals surface area (Å²) in [5.41, 5.74) is 6.46. The molecule has 1 aromatic carbocycles. The second-order valence-corrected chi connectivity index (χ2v) is 3.55. The molecule has 2 N–H and O–H groups in total. The molecule has 0 atom stereocenters. The van der Waals surface area contributed by atoms with E-state index in [1.807, 2.05) is 36.4 Å². The van der Waals surface area contributed by atoms with Gasteiger partial charge in [-0.15, -0.1) is 0 Å². The molecule has 1 heterocycles. The van der Waals surface area contributed by atoms with Crippen molar-refractivity contribution in [1.29, 1.82) is 0 Å². The fourth-order valence-electron chi connectivity index (χ4n) is 1.51. The molecule has 3 heteroatoms. The first-order valence-corrected chi connectivity index (χ1v) is 5.10. The Balaban J connectivity index is 2.66. The van der Waals surface area contributed by atoms with Crippen molar-refractivity contribution in [2.75, 3.05) is 6.54 Å². The maximum absolute atomic E-state index is 6.00. The highest BCUT2D eigenvalue weighted by molar-refractivity contribution is 6.34. The Morgan fingerprint density at radius 2 is 2.00 bits per heavy atom. The number of benzene rings is 1. The second kappa shape index (κ2) is 4.43. The van der Waals surface area contributed by atoms with E-state index in [9.17, 15) is 0 Å². The van der Waals surface area contributed by atoms with E-state index < -0.39 is 0 Å². The van der Waals surface area contributed by atoms with Crippen molar-refractivity contribution in [2.45, 2.75) is 0 Å². The van der Waals surface area contributed by atoms with Crippen molar-refractivity contribution in [3.05, 3.63) is 47.3 Å². The summed E-state index contributed by atoms with van der Waals surface area (Å²) in [5, 5.41) is 2.61. The van der Waals surface area contributed by atoms with Crippen LogP contribution in [0.4, 0.5) is 0 Å². The van der Waals surface area contributed by atoms with Gasteiger partial charge in [0.15, 0.2) is 0 Å². The predicted molar refractivity (Wildman–Crippen MR) is 64.8 cm³/mol. The van der Waals surface area contributed by atoms with Crippen molar-refractivity contribution in [3.8, 4) is 0 Å². The lowest BCUT2D eigenvalue weighted by Crippen LogP contribution is -1.92. The Hall–Kier alpha value is -1.38. The fraction of sp³-hybridized carbons (Fsp3) is 0.0833. The molecule has 0 saturated heterocycles. The lowest BCUT2D eigenvalue weighted by molar-refractivity contribution is 1.26. The van der Waals surface area contributed by atoms with E-state index in [1.54, 1.807) is 6.20 Å². The van der Waals surface area contributed by atoms with Crippen LogP contribution < -0.4 is 5.73 Å². The van der Waals surface area contributed by atoms with Gasteiger partial charge in [-0.1, -0.05) is 48.0 Å². The third kappa shape index (κ3) is 2.01. The van der Waals surface area contributed by atoms with Gasteiger partial charge in [0.2, 0.25) is 0 Å². The number of hydrogen-bond donors (Lipinski definition) is 1. The van der Waals surface area contributed by atoms with Gasteiger partial charge in [0.05, 0.1) is 0 Å². The van der Waals surface area contributed by atoms with Crippen LogP contribution >= 0.6 is 11.6 Å². The van der Waals surface area contributed by atoms with Gasteiger partial charge in [-0.3, -0.25) is 0 Å². The fourth-order valence-corrected chi connectivity index (χ4v) is 1.72. The summed E-state index contributed by atoms with van der Waals surface area (Å²) < 4.78 is 0. The van der Waals surface area contributed by atoms with Crippen molar-refractivity contribution in [3.63, 3.8) is 0 Å². The number of nitrogens with two attached hydrogens (primary N) is 1. The molecule has 76 valence electrons. The van der Waals surface area contributed by atoms with Gasteiger partial charge in [-0.25, -0.2) is 4.98 Å². The number of halogens is 1. The van der Waals surface area contributed by atoms with Crippen molar-refractivity contribution >= 4 is 28.4 Å². The first-order valence-electron chi connectivity index (χ1n) is 4.73. The SMILES string of the molecule is NCC=Cc1cnc(Cl)c2ccccc12. The van der Waals surface area contributed by atoms with Crippen molar-refractivity contribution in [1.82, 2.24) is 4.98 Å². The Morgan fingerprint density at radius 3 is 2.73 bits per heavy atom.